The summed E-state index contributed by atoms with van der Waals surface area (Å²) in [5.74, 6) is -0.712. The molecule has 2 heterocycles. The molecule has 0 spiro atoms. The maximum atomic E-state index is 11.8. The SMILES string of the molecule is CC1(C2CCCS2(=O)=O)OCC(CCN)O1. The van der Waals surface area contributed by atoms with Crippen LogP contribution in [-0.4, -0.2) is 44.5 Å². The van der Waals surface area contributed by atoms with Gasteiger partial charge in [0.1, 0.15) is 5.25 Å². The third-order valence-electron chi connectivity index (χ3n) is 3.36. The molecule has 2 aliphatic heterocycles. The van der Waals surface area contributed by atoms with Crippen molar-refractivity contribution in [1.29, 1.82) is 0 Å². The van der Waals surface area contributed by atoms with Gasteiger partial charge in [-0.05, 0) is 32.7 Å². The zero-order valence-electron chi connectivity index (χ0n) is 9.52. The van der Waals surface area contributed by atoms with E-state index in [2.05, 4.69) is 0 Å². The van der Waals surface area contributed by atoms with E-state index in [1.165, 1.54) is 0 Å². The predicted molar refractivity (Wildman–Crippen MR) is 59.7 cm³/mol. The molecule has 6 heteroatoms. The Balaban J connectivity index is 2.10. The van der Waals surface area contributed by atoms with E-state index in [-0.39, 0.29) is 11.9 Å². The molecule has 0 bridgehead atoms. The summed E-state index contributed by atoms with van der Waals surface area (Å²) >= 11 is 0. The van der Waals surface area contributed by atoms with Crippen molar-refractivity contribution in [2.75, 3.05) is 18.9 Å². The molecule has 0 radical (unpaired) electrons. The topological polar surface area (TPSA) is 78.6 Å². The standard InChI is InChI=1S/C10H19NO4S/c1-10(9-3-2-6-16(9,12)13)14-7-8(15-10)4-5-11/h8-9H,2-7,11H2,1H3. The number of hydrogen-bond acceptors (Lipinski definition) is 5. The van der Waals surface area contributed by atoms with Crippen molar-refractivity contribution in [1.82, 2.24) is 0 Å². The minimum atomic E-state index is -3.05. The van der Waals surface area contributed by atoms with Gasteiger partial charge >= 0.3 is 0 Å². The van der Waals surface area contributed by atoms with Gasteiger partial charge in [-0.2, -0.15) is 0 Å². The Morgan fingerprint density at radius 3 is 2.81 bits per heavy atom. The minimum Gasteiger partial charge on any atom is -0.346 e. The van der Waals surface area contributed by atoms with Gasteiger partial charge in [0.25, 0.3) is 0 Å². The molecular weight excluding hydrogens is 230 g/mol. The highest BCUT2D eigenvalue weighted by molar-refractivity contribution is 7.92. The fraction of sp³-hybridized carbons (Fsp3) is 1.00. The highest BCUT2D eigenvalue weighted by Gasteiger charge is 2.51. The van der Waals surface area contributed by atoms with E-state index in [1.807, 2.05) is 0 Å². The molecule has 2 fully saturated rings. The summed E-state index contributed by atoms with van der Waals surface area (Å²) in [6, 6.07) is 0. The molecule has 94 valence electrons. The lowest BCUT2D eigenvalue weighted by Crippen LogP contribution is -2.43. The Bertz CT molecular complexity index is 356. The summed E-state index contributed by atoms with van der Waals surface area (Å²) in [5.41, 5.74) is 5.45. The molecule has 3 unspecified atom stereocenters. The van der Waals surface area contributed by atoms with Crippen LogP contribution in [0.4, 0.5) is 0 Å². The van der Waals surface area contributed by atoms with Crippen LogP contribution in [0, 0.1) is 0 Å². The predicted octanol–water partition coefficient (Wildman–Crippen LogP) is 0.0440. The zero-order chi connectivity index (χ0) is 11.8. The Labute approximate surface area is 96.2 Å². The first-order valence-corrected chi connectivity index (χ1v) is 7.43. The number of sulfone groups is 1. The molecule has 2 N–H and O–H groups in total. The second-order valence-corrected chi connectivity index (χ2v) is 6.95. The average Bonchev–Trinajstić information content (AvgIpc) is 2.71. The molecular formula is C10H19NO4S. The normalized spacial score (nSPS) is 42.6. The van der Waals surface area contributed by atoms with Crippen molar-refractivity contribution in [3.05, 3.63) is 0 Å². The summed E-state index contributed by atoms with van der Waals surface area (Å²) < 4.78 is 35.0. The van der Waals surface area contributed by atoms with Crippen LogP contribution >= 0.6 is 0 Å². The first kappa shape index (κ1) is 12.3. The molecule has 0 saturated carbocycles. The summed E-state index contributed by atoms with van der Waals surface area (Å²) in [6.45, 7) is 2.71. The van der Waals surface area contributed by atoms with Crippen LogP contribution in [0.25, 0.3) is 0 Å². The first-order valence-electron chi connectivity index (χ1n) is 5.71. The van der Waals surface area contributed by atoms with Crippen molar-refractivity contribution in [3.63, 3.8) is 0 Å². The van der Waals surface area contributed by atoms with Crippen LogP contribution in [0.3, 0.4) is 0 Å². The van der Waals surface area contributed by atoms with Gasteiger partial charge < -0.3 is 15.2 Å². The van der Waals surface area contributed by atoms with E-state index in [0.717, 1.165) is 0 Å². The quantitative estimate of drug-likeness (QED) is 0.764. The lowest BCUT2D eigenvalue weighted by molar-refractivity contribution is -0.154. The highest BCUT2D eigenvalue weighted by Crippen LogP contribution is 2.37. The lowest BCUT2D eigenvalue weighted by atomic mass is 10.1. The molecule has 16 heavy (non-hydrogen) atoms. The Morgan fingerprint density at radius 1 is 1.50 bits per heavy atom. The van der Waals surface area contributed by atoms with Gasteiger partial charge in [0.2, 0.25) is 0 Å². The molecule has 0 amide bonds. The van der Waals surface area contributed by atoms with E-state index in [9.17, 15) is 8.42 Å². The van der Waals surface area contributed by atoms with Gasteiger partial charge in [-0.3, -0.25) is 0 Å². The summed E-state index contributed by atoms with van der Waals surface area (Å²) in [7, 11) is -3.05. The van der Waals surface area contributed by atoms with Gasteiger partial charge in [-0.15, -0.1) is 0 Å². The number of rotatable bonds is 3. The van der Waals surface area contributed by atoms with Crippen molar-refractivity contribution in [2.24, 2.45) is 5.73 Å². The van der Waals surface area contributed by atoms with Crippen LogP contribution < -0.4 is 5.73 Å². The van der Waals surface area contributed by atoms with Crippen molar-refractivity contribution < 1.29 is 17.9 Å². The largest absolute Gasteiger partial charge is 0.346 e. The summed E-state index contributed by atoms with van der Waals surface area (Å²) in [4.78, 5) is 0. The number of hydrogen-bond donors (Lipinski definition) is 1. The van der Waals surface area contributed by atoms with Gasteiger partial charge in [-0.25, -0.2) is 8.42 Å². The fourth-order valence-corrected chi connectivity index (χ4v) is 4.69. The molecule has 5 nitrogen and oxygen atoms in total. The molecule has 0 aromatic heterocycles. The van der Waals surface area contributed by atoms with E-state index < -0.39 is 20.9 Å². The van der Waals surface area contributed by atoms with E-state index in [1.54, 1.807) is 6.92 Å². The lowest BCUT2D eigenvalue weighted by Gasteiger charge is -2.28. The smallest absolute Gasteiger partial charge is 0.182 e. The van der Waals surface area contributed by atoms with Crippen LogP contribution in [0.1, 0.15) is 26.2 Å². The maximum absolute atomic E-state index is 11.8. The van der Waals surface area contributed by atoms with Crippen molar-refractivity contribution >= 4 is 9.84 Å². The molecule has 3 atom stereocenters. The third kappa shape index (κ3) is 2.11. The second-order valence-electron chi connectivity index (χ2n) is 4.64. The van der Waals surface area contributed by atoms with Crippen LogP contribution in [-0.2, 0) is 19.3 Å². The van der Waals surface area contributed by atoms with Crippen LogP contribution in [0.15, 0.2) is 0 Å². The molecule has 0 aromatic carbocycles. The number of nitrogens with two attached hydrogens (primary N) is 1. The van der Waals surface area contributed by atoms with Crippen molar-refractivity contribution in [3.8, 4) is 0 Å². The fourth-order valence-electron chi connectivity index (χ4n) is 2.53. The van der Waals surface area contributed by atoms with E-state index in [4.69, 9.17) is 15.2 Å². The Morgan fingerprint density at radius 2 is 2.25 bits per heavy atom. The molecule has 2 aliphatic rings. The summed E-state index contributed by atoms with van der Waals surface area (Å²) in [6.07, 6.45) is 1.98. The van der Waals surface area contributed by atoms with Crippen molar-refractivity contribution in [2.45, 2.75) is 43.3 Å². The highest BCUT2D eigenvalue weighted by atomic mass is 32.2. The van der Waals surface area contributed by atoms with E-state index in [0.29, 0.717) is 32.4 Å². The zero-order valence-corrected chi connectivity index (χ0v) is 10.3. The van der Waals surface area contributed by atoms with E-state index >= 15 is 0 Å². The Kier molecular flexibility index (Phi) is 3.27. The molecule has 2 saturated heterocycles. The molecule has 0 aromatic rings. The van der Waals surface area contributed by atoms with Gasteiger partial charge in [-0.1, -0.05) is 0 Å². The molecule has 0 aliphatic carbocycles. The molecule has 2 rings (SSSR count). The van der Waals surface area contributed by atoms with Gasteiger partial charge in [0.05, 0.1) is 18.5 Å². The van der Waals surface area contributed by atoms with Crippen LogP contribution in [0.2, 0.25) is 0 Å². The van der Waals surface area contributed by atoms with Gasteiger partial charge in [0, 0.05) is 0 Å². The third-order valence-corrected chi connectivity index (χ3v) is 5.75. The second kappa shape index (κ2) is 4.25. The monoisotopic (exact) mass is 249 g/mol. The average molecular weight is 249 g/mol. The summed E-state index contributed by atoms with van der Waals surface area (Å²) in [5, 5.41) is -0.511. The first-order chi connectivity index (χ1) is 7.48. The maximum Gasteiger partial charge on any atom is 0.182 e. The number of ether oxygens (including phenoxy) is 2. The van der Waals surface area contributed by atoms with Gasteiger partial charge in [0.15, 0.2) is 15.6 Å². The minimum absolute atomic E-state index is 0.0641. The van der Waals surface area contributed by atoms with Crippen LogP contribution in [0.5, 0.6) is 0 Å². The Hall–Kier alpha value is -0.170.